The lowest BCUT2D eigenvalue weighted by molar-refractivity contribution is 0.443. The van der Waals surface area contributed by atoms with Crippen molar-refractivity contribution >= 4 is 5.96 Å². The molecular weight excluding hydrogens is 305 g/mol. The summed E-state index contributed by atoms with van der Waals surface area (Å²) in [7, 11) is 0. The van der Waals surface area contributed by atoms with Crippen molar-refractivity contribution in [3.8, 4) is 0 Å². The predicted molar refractivity (Wildman–Crippen MR) is 95.3 cm³/mol. The van der Waals surface area contributed by atoms with Crippen LogP contribution < -0.4 is 10.6 Å². The Morgan fingerprint density at radius 3 is 2.88 bits per heavy atom. The number of aromatic nitrogens is 2. The lowest BCUT2D eigenvalue weighted by Gasteiger charge is -2.16. The lowest BCUT2D eigenvalue weighted by Crippen LogP contribution is -2.40. The molecule has 2 rings (SSSR count). The fraction of sp³-hybridized carbons (Fsp3) is 0.444. The molecule has 0 bridgehead atoms. The molecule has 24 heavy (non-hydrogen) atoms. The van der Waals surface area contributed by atoms with Gasteiger partial charge in [0.05, 0.1) is 6.54 Å². The number of nitrogens with zero attached hydrogens (tertiary/aromatic N) is 3. The minimum absolute atomic E-state index is 0.187. The number of hydrogen-bond donors (Lipinski definition) is 2. The van der Waals surface area contributed by atoms with E-state index in [9.17, 15) is 4.39 Å². The first-order valence-electron chi connectivity index (χ1n) is 8.33. The van der Waals surface area contributed by atoms with Crippen LogP contribution in [0, 0.1) is 18.7 Å². The van der Waals surface area contributed by atoms with Crippen molar-refractivity contribution in [2.45, 2.75) is 33.9 Å². The summed E-state index contributed by atoms with van der Waals surface area (Å²) < 4.78 is 15.5. The Hall–Kier alpha value is -2.37. The van der Waals surface area contributed by atoms with Crippen LogP contribution in [0.25, 0.3) is 0 Å². The zero-order valence-electron chi connectivity index (χ0n) is 14.6. The largest absolute Gasteiger partial charge is 0.357 e. The van der Waals surface area contributed by atoms with Gasteiger partial charge in [-0.05, 0) is 43.0 Å². The average Bonchev–Trinajstić information content (AvgIpc) is 3.06. The molecule has 6 heteroatoms. The van der Waals surface area contributed by atoms with Gasteiger partial charge in [0.1, 0.15) is 5.82 Å². The van der Waals surface area contributed by atoms with E-state index in [1.807, 2.05) is 29.9 Å². The van der Waals surface area contributed by atoms with E-state index in [-0.39, 0.29) is 5.82 Å². The van der Waals surface area contributed by atoms with Gasteiger partial charge in [-0.3, -0.25) is 4.68 Å². The van der Waals surface area contributed by atoms with Crippen LogP contribution in [-0.2, 0) is 13.1 Å². The average molecular weight is 331 g/mol. The molecule has 1 heterocycles. The molecule has 5 nitrogen and oxygen atoms in total. The van der Waals surface area contributed by atoms with E-state index in [2.05, 4.69) is 27.6 Å². The third-order valence-electron chi connectivity index (χ3n) is 3.68. The maximum atomic E-state index is 13.6. The summed E-state index contributed by atoms with van der Waals surface area (Å²) in [5.74, 6) is 0.963. The Balaban J connectivity index is 1.88. The summed E-state index contributed by atoms with van der Waals surface area (Å²) in [5, 5.41) is 10.8. The smallest absolute Gasteiger partial charge is 0.191 e. The molecule has 2 N–H and O–H groups in total. The highest BCUT2D eigenvalue weighted by Gasteiger charge is 2.06. The Kier molecular flexibility index (Phi) is 6.78. The summed E-state index contributed by atoms with van der Waals surface area (Å²) in [6.07, 6.45) is 3.74. The van der Waals surface area contributed by atoms with Crippen molar-refractivity contribution in [2.24, 2.45) is 10.9 Å². The van der Waals surface area contributed by atoms with Crippen LogP contribution in [0.2, 0.25) is 0 Å². The van der Waals surface area contributed by atoms with Gasteiger partial charge in [0, 0.05) is 32.0 Å². The van der Waals surface area contributed by atoms with Crippen LogP contribution in [0.4, 0.5) is 4.39 Å². The second-order valence-corrected chi connectivity index (χ2v) is 5.99. The first-order chi connectivity index (χ1) is 11.6. The van der Waals surface area contributed by atoms with Crippen LogP contribution in [-0.4, -0.2) is 28.8 Å². The molecule has 0 saturated carbocycles. The number of benzene rings is 1. The molecule has 0 spiro atoms. The van der Waals surface area contributed by atoms with Gasteiger partial charge >= 0.3 is 0 Å². The van der Waals surface area contributed by atoms with E-state index >= 15 is 0 Å². The fourth-order valence-electron chi connectivity index (χ4n) is 2.31. The van der Waals surface area contributed by atoms with Crippen molar-refractivity contribution in [3.63, 3.8) is 0 Å². The summed E-state index contributed by atoms with van der Waals surface area (Å²) in [4.78, 5) is 4.53. The Labute approximate surface area is 143 Å². The Morgan fingerprint density at radius 1 is 1.38 bits per heavy atom. The quantitative estimate of drug-likeness (QED) is 0.606. The molecule has 1 aromatic carbocycles. The highest BCUT2D eigenvalue weighted by molar-refractivity contribution is 5.79. The molecule has 0 aliphatic rings. The minimum Gasteiger partial charge on any atom is -0.357 e. The second kappa shape index (κ2) is 9.05. The molecule has 2 aromatic rings. The van der Waals surface area contributed by atoms with Crippen molar-refractivity contribution in [3.05, 3.63) is 53.6 Å². The first-order valence-corrected chi connectivity index (χ1v) is 8.33. The standard InChI is InChI=1S/C18H26FN5/c1-4-20-18(21-11-14(2)13-24-9-5-8-23-24)22-12-16-7-6-15(3)17(19)10-16/h5-10,14H,4,11-13H2,1-3H3,(H2,20,21,22). The van der Waals surface area contributed by atoms with Crippen molar-refractivity contribution in [2.75, 3.05) is 13.1 Å². The predicted octanol–water partition coefficient (Wildman–Crippen LogP) is 2.72. The van der Waals surface area contributed by atoms with Crippen molar-refractivity contribution < 1.29 is 4.39 Å². The molecule has 0 saturated heterocycles. The van der Waals surface area contributed by atoms with Gasteiger partial charge in [-0.1, -0.05) is 19.1 Å². The van der Waals surface area contributed by atoms with Crippen LogP contribution in [0.1, 0.15) is 25.0 Å². The van der Waals surface area contributed by atoms with Gasteiger partial charge in [-0.15, -0.1) is 0 Å². The third kappa shape index (κ3) is 5.68. The second-order valence-electron chi connectivity index (χ2n) is 5.99. The van der Waals surface area contributed by atoms with Gasteiger partial charge < -0.3 is 10.6 Å². The Bertz CT molecular complexity index is 651. The normalized spacial score (nSPS) is 12.9. The molecule has 0 aliphatic carbocycles. The van der Waals surface area contributed by atoms with Crippen LogP contribution >= 0.6 is 0 Å². The van der Waals surface area contributed by atoms with E-state index in [0.717, 1.165) is 31.2 Å². The highest BCUT2D eigenvalue weighted by atomic mass is 19.1. The summed E-state index contributed by atoms with van der Waals surface area (Å²) in [6.45, 7) is 8.80. The number of halogens is 1. The maximum absolute atomic E-state index is 13.6. The van der Waals surface area contributed by atoms with Crippen molar-refractivity contribution in [1.82, 2.24) is 20.4 Å². The number of aliphatic imine (C=N–C) groups is 1. The zero-order chi connectivity index (χ0) is 17.4. The van der Waals surface area contributed by atoms with Gasteiger partial charge in [0.2, 0.25) is 0 Å². The highest BCUT2D eigenvalue weighted by Crippen LogP contribution is 2.10. The Morgan fingerprint density at radius 2 is 2.21 bits per heavy atom. The zero-order valence-corrected chi connectivity index (χ0v) is 14.6. The van der Waals surface area contributed by atoms with Crippen LogP contribution in [0.5, 0.6) is 0 Å². The number of nitrogens with one attached hydrogen (secondary N) is 2. The van der Waals surface area contributed by atoms with E-state index in [0.29, 0.717) is 18.0 Å². The van der Waals surface area contributed by atoms with Crippen molar-refractivity contribution in [1.29, 1.82) is 0 Å². The minimum atomic E-state index is -0.187. The maximum Gasteiger partial charge on any atom is 0.191 e. The molecule has 0 radical (unpaired) electrons. The molecule has 1 aromatic heterocycles. The molecule has 0 aliphatic heterocycles. The summed E-state index contributed by atoms with van der Waals surface area (Å²) >= 11 is 0. The molecular formula is C18H26FN5. The summed E-state index contributed by atoms with van der Waals surface area (Å²) in [5.41, 5.74) is 1.51. The van der Waals surface area contributed by atoms with Crippen LogP contribution in [0.15, 0.2) is 41.7 Å². The van der Waals surface area contributed by atoms with E-state index in [1.54, 1.807) is 25.3 Å². The van der Waals surface area contributed by atoms with E-state index in [1.165, 1.54) is 0 Å². The monoisotopic (exact) mass is 331 g/mol. The van der Waals surface area contributed by atoms with E-state index < -0.39 is 0 Å². The van der Waals surface area contributed by atoms with E-state index in [4.69, 9.17) is 0 Å². The number of guanidine groups is 1. The first kappa shape index (κ1) is 18.0. The van der Waals surface area contributed by atoms with Gasteiger partial charge in [-0.25, -0.2) is 9.38 Å². The lowest BCUT2D eigenvalue weighted by atomic mass is 10.1. The number of aryl methyl sites for hydroxylation is 1. The summed E-state index contributed by atoms with van der Waals surface area (Å²) in [6, 6.07) is 7.16. The molecule has 1 unspecified atom stereocenters. The van der Waals surface area contributed by atoms with Gasteiger partial charge in [0.15, 0.2) is 5.96 Å². The SMILES string of the molecule is CCNC(=NCc1ccc(C)c(F)c1)NCC(C)Cn1cccn1. The topological polar surface area (TPSA) is 54.2 Å². The molecule has 0 amide bonds. The number of rotatable bonds is 7. The van der Waals surface area contributed by atoms with Gasteiger partial charge in [0.25, 0.3) is 0 Å². The van der Waals surface area contributed by atoms with Crippen LogP contribution in [0.3, 0.4) is 0 Å². The molecule has 1 atom stereocenters. The third-order valence-corrected chi connectivity index (χ3v) is 3.68. The fourth-order valence-corrected chi connectivity index (χ4v) is 2.31. The van der Waals surface area contributed by atoms with Gasteiger partial charge in [-0.2, -0.15) is 5.10 Å². The molecule has 130 valence electrons. The number of hydrogen-bond acceptors (Lipinski definition) is 2. The molecule has 0 fully saturated rings.